The topological polar surface area (TPSA) is 80.6 Å². The van der Waals surface area contributed by atoms with Gasteiger partial charge in [0.1, 0.15) is 5.76 Å². The standard InChI is InChI=1S/C15H13FN2O4/c16-12-5-1-2-6-13(12)22-10-15(20)18-17-14(19)8-7-11-4-3-9-21-11/h1-9H,10H2,(H,17,19)(H,18,20)/b8-7+. The molecule has 0 saturated heterocycles. The van der Waals surface area contributed by atoms with Crippen LogP contribution < -0.4 is 15.6 Å². The quantitative estimate of drug-likeness (QED) is 0.650. The monoisotopic (exact) mass is 304 g/mol. The van der Waals surface area contributed by atoms with E-state index in [4.69, 9.17) is 9.15 Å². The zero-order valence-corrected chi connectivity index (χ0v) is 11.4. The second kappa shape index (κ2) is 7.63. The van der Waals surface area contributed by atoms with Gasteiger partial charge in [0, 0.05) is 6.08 Å². The Morgan fingerprint density at radius 1 is 1.18 bits per heavy atom. The molecule has 0 saturated carbocycles. The normalized spacial score (nSPS) is 10.4. The van der Waals surface area contributed by atoms with E-state index in [0.717, 1.165) is 0 Å². The lowest BCUT2D eigenvalue weighted by molar-refractivity contribution is -0.128. The van der Waals surface area contributed by atoms with Gasteiger partial charge in [-0.1, -0.05) is 12.1 Å². The number of halogens is 1. The van der Waals surface area contributed by atoms with Crippen LogP contribution >= 0.6 is 0 Å². The number of carbonyl (C=O) groups excluding carboxylic acids is 2. The molecule has 0 radical (unpaired) electrons. The highest BCUT2D eigenvalue weighted by Gasteiger charge is 2.06. The predicted molar refractivity (Wildman–Crippen MR) is 75.9 cm³/mol. The lowest BCUT2D eigenvalue weighted by Gasteiger charge is -2.07. The van der Waals surface area contributed by atoms with Crippen molar-refractivity contribution >= 4 is 17.9 Å². The summed E-state index contributed by atoms with van der Waals surface area (Å²) in [6.45, 7) is -0.427. The maximum absolute atomic E-state index is 13.2. The number of furan rings is 1. The van der Waals surface area contributed by atoms with Gasteiger partial charge in [-0.2, -0.15) is 0 Å². The molecule has 1 heterocycles. The summed E-state index contributed by atoms with van der Waals surface area (Å²) >= 11 is 0. The van der Waals surface area contributed by atoms with Crippen LogP contribution in [0.2, 0.25) is 0 Å². The molecule has 2 rings (SSSR count). The van der Waals surface area contributed by atoms with Crippen LogP contribution in [0.1, 0.15) is 5.76 Å². The van der Waals surface area contributed by atoms with Gasteiger partial charge in [0.2, 0.25) is 0 Å². The van der Waals surface area contributed by atoms with Crippen LogP contribution in [0.3, 0.4) is 0 Å². The number of hydrazine groups is 1. The minimum atomic E-state index is -0.622. The van der Waals surface area contributed by atoms with Gasteiger partial charge in [-0.15, -0.1) is 0 Å². The molecule has 0 aliphatic carbocycles. The third kappa shape index (κ3) is 4.78. The zero-order valence-electron chi connectivity index (χ0n) is 11.4. The number of hydrogen-bond acceptors (Lipinski definition) is 4. The zero-order chi connectivity index (χ0) is 15.8. The lowest BCUT2D eigenvalue weighted by atomic mass is 10.3. The molecule has 0 unspecified atom stereocenters. The molecule has 0 aliphatic heterocycles. The number of nitrogens with one attached hydrogen (secondary N) is 2. The number of para-hydroxylation sites is 1. The molecular weight excluding hydrogens is 291 g/mol. The van der Waals surface area contributed by atoms with E-state index in [2.05, 4.69) is 10.9 Å². The molecule has 114 valence electrons. The molecule has 0 aliphatic rings. The predicted octanol–water partition coefficient (Wildman–Crippen LogP) is 1.66. The molecule has 6 nitrogen and oxygen atoms in total. The van der Waals surface area contributed by atoms with Crippen LogP contribution in [-0.2, 0) is 9.59 Å². The van der Waals surface area contributed by atoms with Gasteiger partial charge in [0.25, 0.3) is 11.8 Å². The first-order valence-electron chi connectivity index (χ1n) is 6.33. The first-order valence-corrected chi connectivity index (χ1v) is 6.33. The summed E-state index contributed by atoms with van der Waals surface area (Å²) in [6.07, 6.45) is 4.10. The smallest absolute Gasteiger partial charge is 0.276 e. The molecule has 1 aromatic heterocycles. The first kappa shape index (κ1) is 15.3. The first-order chi connectivity index (χ1) is 10.6. The average Bonchev–Trinajstić information content (AvgIpc) is 3.03. The fraction of sp³-hybridized carbons (Fsp3) is 0.0667. The highest BCUT2D eigenvalue weighted by atomic mass is 19.1. The third-order valence-corrected chi connectivity index (χ3v) is 2.46. The van der Waals surface area contributed by atoms with Crippen LogP contribution in [0.25, 0.3) is 6.08 Å². The van der Waals surface area contributed by atoms with Crippen LogP contribution in [-0.4, -0.2) is 18.4 Å². The van der Waals surface area contributed by atoms with E-state index < -0.39 is 24.2 Å². The third-order valence-electron chi connectivity index (χ3n) is 2.46. The van der Waals surface area contributed by atoms with Crippen molar-refractivity contribution in [2.24, 2.45) is 0 Å². The Labute approximate surface area is 125 Å². The highest BCUT2D eigenvalue weighted by molar-refractivity contribution is 5.92. The van der Waals surface area contributed by atoms with Crippen molar-refractivity contribution < 1.29 is 23.1 Å². The largest absolute Gasteiger partial charge is 0.481 e. The second-order valence-electron chi connectivity index (χ2n) is 4.11. The van der Waals surface area contributed by atoms with Crippen LogP contribution in [0, 0.1) is 5.82 Å². The average molecular weight is 304 g/mol. The van der Waals surface area contributed by atoms with E-state index in [0.29, 0.717) is 5.76 Å². The summed E-state index contributed by atoms with van der Waals surface area (Å²) in [4.78, 5) is 22.9. The molecule has 0 fully saturated rings. The van der Waals surface area contributed by atoms with E-state index in [1.807, 2.05) is 0 Å². The van der Waals surface area contributed by atoms with Gasteiger partial charge in [-0.3, -0.25) is 20.4 Å². The van der Waals surface area contributed by atoms with Crippen molar-refractivity contribution in [3.63, 3.8) is 0 Å². The molecular formula is C15H13FN2O4. The Kier molecular flexibility index (Phi) is 5.31. The Morgan fingerprint density at radius 2 is 2.00 bits per heavy atom. The molecule has 0 bridgehead atoms. The van der Waals surface area contributed by atoms with Crippen LogP contribution in [0.5, 0.6) is 5.75 Å². The van der Waals surface area contributed by atoms with Gasteiger partial charge < -0.3 is 9.15 Å². The van der Waals surface area contributed by atoms with E-state index >= 15 is 0 Å². The molecule has 2 N–H and O–H groups in total. The van der Waals surface area contributed by atoms with Gasteiger partial charge in [0.05, 0.1) is 6.26 Å². The molecule has 2 aromatic rings. The summed E-state index contributed by atoms with van der Waals surface area (Å²) in [5.41, 5.74) is 4.29. The van der Waals surface area contributed by atoms with Crippen LogP contribution in [0.15, 0.2) is 53.2 Å². The molecule has 7 heteroatoms. The summed E-state index contributed by atoms with van der Waals surface area (Å²) in [5, 5.41) is 0. The molecule has 0 atom stereocenters. The van der Waals surface area contributed by atoms with Gasteiger partial charge in [0.15, 0.2) is 18.2 Å². The van der Waals surface area contributed by atoms with Crippen molar-refractivity contribution in [3.05, 3.63) is 60.3 Å². The summed E-state index contributed by atoms with van der Waals surface area (Å²) in [6, 6.07) is 9.05. The number of carbonyl (C=O) groups is 2. The van der Waals surface area contributed by atoms with E-state index in [1.54, 1.807) is 18.2 Å². The van der Waals surface area contributed by atoms with Gasteiger partial charge in [-0.05, 0) is 30.3 Å². The summed E-state index contributed by atoms with van der Waals surface area (Å²) in [5.74, 6) is -1.27. The number of benzene rings is 1. The second-order valence-corrected chi connectivity index (χ2v) is 4.11. The van der Waals surface area contributed by atoms with Crippen molar-refractivity contribution in [1.29, 1.82) is 0 Å². The van der Waals surface area contributed by atoms with Gasteiger partial charge >= 0.3 is 0 Å². The van der Waals surface area contributed by atoms with E-state index in [1.165, 1.54) is 36.6 Å². The maximum atomic E-state index is 13.2. The number of amides is 2. The Morgan fingerprint density at radius 3 is 2.73 bits per heavy atom. The van der Waals surface area contributed by atoms with Gasteiger partial charge in [-0.25, -0.2) is 4.39 Å². The fourth-order valence-corrected chi connectivity index (χ4v) is 1.46. The minimum Gasteiger partial charge on any atom is -0.481 e. The maximum Gasteiger partial charge on any atom is 0.276 e. The molecule has 22 heavy (non-hydrogen) atoms. The fourth-order valence-electron chi connectivity index (χ4n) is 1.46. The van der Waals surface area contributed by atoms with Crippen molar-refractivity contribution in [2.45, 2.75) is 0 Å². The Balaban J connectivity index is 1.71. The molecule has 2 amide bonds. The van der Waals surface area contributed by atoms with Crippen LogP contribution in [0.4, 0.5) is 4.39 Å². The van der Waals surface area contributed by atoms with Crippen molar-refractivity contribution in [1.82, 2.24) is 10.9 Å². The SMILES string of the molecule is O=C(/C=C/c1ccco1)NNC(=O)COc1ccccc1F. The minimum absolute atomic E-state index is 0.0401. The number of rotatable bonds is 5. The highest BCUT2D eigenvalue weighted by Crippen LogP contribution is 2.14. The van der Waals surface area contributed by atoms with Crippen molar-refractivity contribution in [3.8, 4) is 5.75 Å². The molecule has 0 spiro atoms. The lowest BCUT2D eigenvalue weighted by Crippen LogP contribution is -2.43. The van der Waals surface area contributed by atoms with E-state index in [9.17, 15) is 14.0 Å². The summed E-state index contributed by atoms with van der Waals surface area (Å²) < 4.78 is 23.2. The Hall–Kier alpha value is -3.09. The number of ether oxygens (including phenoxy) is 1. The van der Waals surface area contributed by atoms with Crippen molar-refractivity contribution in [2.75, 3.05) is 6.61 Å². The number of hydrogen-bond donors (Lipinski definition) is 2. The van der Waals surface area contributed by atoms with E-state index in [-0.39, 0.29) is 5.75 Å². The summed E-state index contributed by atoms with van der Waals surface area (Å²) in [7, 11) is 0. The Bertz CT molecular complexity index is 668. The molecule has 1 aromatic carbocycles.